The van der Waals surface area contributed by atoms with Crippen molar-refractivity contribution in [3.63, 3.8) is 0 Å². The minimum absolute atomic E-state index is 0.0787. The topological polar surface area (TPSA) is 50.2 Å². The van der Waals surface area contributed by atoms with Crippen molar-refractivity contribution in [3.8, 4) is 0 Å². The number of carboxylic acids is 1. The van der Waals surface area contributed by atoms with Crippen molar-refractivity contribution in [2.45, 2.75) is 20.8 Å². The third kappa shape index (κ3) is 2.79. The molecule has 0 bridgehead atoms. The maximum Gasteiger partial charge on any atom is 0.349 e. The van der Waals surface area contributed by atoms with Gasteiger partial charge < -0.3 is 5.11 Å². The molecular formula is C7H10ClNO2S. The summed E-state index contributed by atoms with van der Waals surface area (Å²) in [5.41, 5.74) is 0. The van der Waals surface area contributed by atoms with Gasteiger partial charge in [0.25, 0.3) is 0 Å². The third-order valence-electron chi connectivity index (χ3n) is 0.887. The predicted octanol–water partition coefficient (Wildman–Crippen LogP) is 2.83. The largest absolute Gasteiger partial charge is 0.477 e. The van der Waals surface area contributed by atoms with E-state index in [-0.39, 0.29) is 10.0 Å². The summed E-state index contributed by atoms with van der Waals surface area (Å²) in [6, 6.07) is 0. The molecule has 0 aliphatic heterocycles. The van der Waals surface area contributed by atoms with Crippen LogP contribution >= 0.6 is 22.9 Å². The molecular weight excluding hydrogens is 198 g/mol. The molecule has 1 aromatic rings. The Balaban J connectivity index is 0.000000561. The number of rotatable bonds is 1. The Morgan fingerprint density at radius 1 is 1.58 bits per heavy atom. The second-order valence-corrected chi connectivity index (χ2v) is 3.22. The van der Waals surface area contributed by atoms with E-state index in [1.165, 1.54) is 0 Å². The molecule has 12 heavy (non-hydrogen) atoms. The lowest BCUT2D eigenvalue weighted by atomic mass is 10.6. The average molecular weight is 208 g/mol. The van der Waals surface area contributed by atoms with Crippen LogP contribution in [-0.4, -0.2) is 16.1 Å². The zero-order chi connectivity index (χ0) is 9.72. The fourth-order valence-electron chi connectivity index (χ4n) is 0.534. The van der Waals surface area contributed by atoms with Gasteiger partial charge in [0, 0.05) is 0 Å². The van der Waals surface area contributed by atoms with Gasteiger partial charge >= 0.3 is 5.97 Å². The summed E-state index contributed by atoms with van der Waals surface area (Å²) in [6.07, 6.45) is 0. The van der Waals surface area contributed by atoms with Crippen LogP contribution < -0.4 is 0 Å². The molecule has 0 amide bonds. The Morgan fingerprint density at radius 3 is 2.25 bits per heavy atom. The Morgan fingerprint density at radius 2 is 2.08 bits per heavy atom. The number of carboxylic acid groups (broad SMARTS) is 1. The zero-order valence-electron chi connectivity index (χ0n) is 7.09. The fraction of sp³-hybridized carbons (Fsp3) is 0.429. The second kappa shape index (κ2) is 5.11. The summed E-state index contributed by atoms with van der Waals surface area (Å²) in [7, 11) is 0. The lowest BCUT2D eigenvalue weighted by molar-refractivity contribution is 0.0702. The van der Waals surface area contributed by atoms with Crippen molar-refractivity contribution in [1.29, 1.82) is 0 Å². The number of hydrogen-bond donors (Lipinski definition) is 1. The SMILES string of the molecule is CC.Cc1nc(Cl)c(C(=O)O)s1. The van der Waals surface area contributed by atoms with E-state index in [1.54, 1.807) is 6.92 Å². The van der Waals surface area contributed by atoms with Gasteiger partial charge in [-0.2, -0.15) is 0 Å². The standard InChI is InChI=1S/C5H4ClNO2S.C2H6/c1-2-7-4(6)3(10-2)5(8)9;1-2/h1H3,(H,8,9);1-2H3. The highest BCUT2D eigenvalue weighted by Gasteiger charge is 2.12. The van der Waals surface area contributed by atoms with E-state index >= 15 is 0 Å². The van der Waals surface area contributed by atoms with E-state index in [9.17, 15) is 4.79 Å². The molecule has 0 saturated heterocycles. The van der Waals surface area contributed by atoms with Crippen molar-refractivity contribution >= 4 is 28.9 Å². The highest BCUT2D eigenvalue weighted by molar-refractivity contribution is 7.14. The molecule has 1 rings (SSSR count). The number of halogens is 1. The van der Waals surface area contributed by atoms with E-state index in [0.29, 0.717) is 5.01 Å². The Bertz CT molecular complexity index is 272. The van der Waals surface area contributed by atoms with Gasteiger partial charge in [0.05, 0.1) is 5.01 Å². The number of aromatic nitrogens is 1. The summed E-state index contributed by atoms with van der Waals surface area (Å²) < 4.78 is 0. The van der Waals surface area contributed by atoms with Crippen molar-refractivity contribution in [1.82, 2.24) is 4.98 Å². The number of aryl methyl sites for hydroxylation is 1. The molecule has 0 aromatic carbocycles. The van der Waals surface area contributed by atoms with Gasteiger partial charge in [-0.25, -0.2) is 9.78 Å². The fourth-order valence-corrected chi connectivity index (χ4v) is 1.56. The molecule has 0 unspecified atom stereocenters. The number of carbonyl (C=O) groups is 1. The summed E-state index contributed by atoms with van der Waals surface area (Å²) >= 11 is 6.54. The van der Waals surface area contributed by atoms with Gasteiger partial charge in [-0.1, -0.05) is 25.4 Å². The summed E-state index contributed by atoms with van der Waals surface area (Å²) in [6.45, 7) is 5.71. The van der Waals surface area contributed by atoms with Crippen LogP contribution in [0.1, 0.15) is 28.5 Å². The number of aromatic carboxylic acids is 1. The molecule has 0 fully saturated rings. The molecule has 3 nitrogen and oxygen atoms in total. The molecule has 0 atom stereocenters. The molecule has 0 aliphatic rings. The summed E-state index contributed by atoms with van der Waals surface area (Å²) in [4.78, 5) is 14.2. The number of nitrogens with zero attached hydrogens (tertiary/aromatic N) is 1. The molecule has 0 aliphatic carbocycles. The van der Waals surface area contributed by atoms with E-state index in [1.807, 2.05) is 13.8 Å². The normalized spacial score (nSPS) is 8.67. The van der Waals surface area contributed by atoms with Crippen molar-refractivity contribution in [3.05, 3.63) is 15.0 Å². The minimum Gasteiger partial charge on any atom is -0.477 e. The van der Waals surface area contributed by atoms with Crippen molar-refractivity contribution in [2.75, 3.05) is 0 Å². The van der Waals surface area contributed by atoms with Crippen LogP contribution in [0.5, 0.6) is 0 Å². The van der Waals surface area contributed by atoms with Gasteiger partial charge in [0.2, 0.25) is 0 Å². The molecule has 0 spiro atoms. The average Bonchev–Trinajstić information content (AvgIpc) is 2.34. The maximum absolute atomic E-state index is 10.3. The zero-order valence-corrected chi connectivity index (χ0v) is 8.66. The van der Waals surface area contributed by atoms with E-state index in [0.717, 1.165) is 11.3 Å². The highest BCUT2D eigenvalue weighted by Crippen LogP contribution is 2.21. The minimum atomic E-state index is -1.02. The molecule has 1 N–H and O–H groups in total. The van der Waals surface area contributed by atoms with Crippen LogP contribution in [0.2, 0.25) is 5.15 Å². The van der Waals surface area contributed by atoms with Gasteiger partial charge in [-0.15, -0.1) is 11.3 Å². The molecule has 0 radical (unpaired) electrons. The van der Waals surface area contributed by atoms with Crippen LogP contribution in [0, 0.1) is 6.92 Å². The lowest BCUT2D eigenvalue weighted by Gasteiger charge is -1.82. The third-order valence-corrected chi connectivity index (χ3v) is 2.23. The van der Waals surface area contributed by atoms with Crippen molar-refractivity contribution < 1.29 is 9.90 Å². The van der Waals surface area contributed by atoms with Crippen LogP contribution in [0.3, 0.4) is 0 Å². The lowest BCUT2D eigenvalue weighted by Crippen LogP contribution is -1.91. The molecule has 5 heteroatoms. The quantitative estimate of drug-likeness (QED) is 0.771. The van der Waals surface area contributed by atoms with Gasteiger partial charge in [-0.05, 0) is 6.92 Å². The van der Waals surface area contributed by atoms with Gasteiger partial charge in [0.1, 0.15) is 0 Å². The number of thiazole rings is 1. The van der Waals surface area contributed by atoms with E-state index < -0.39 is 5.97 Å². The summed E-state index contributed by atoms with van der Waals surface area (Å²) in [5.74, 6) is -1.02. The van der Waals surface area contributed by atoms with Crippen LogP contribution in [0.4, 0.5) is 0 Å². The molecule has 0 saturated carbocycles. The van der Waals surface area contributed by atoms with Crippen LogP contribution in [0.15, 0.2) is 0 Å². The molecule has 68 valence electrons. The smallest absolute Gasteiger partial charge is 0.349 e. The first-order valence-electron chi connectivity index (χ1n) is 3.47. The van der Waals surface area contributed by atoms with Gasteiger partial charge in [0.15, 0.2) is 10.0 Å². The number of hydrogen-bond acceptors (Lipinski definition) is 3. The Labute approximate surface area is 80.0 Å². The monoisotopic (exact) mass is 207 g/mol. The Kier molecular flexibility index (Phi) is 4.85. The summed E-state index contributed by atoms with van der Waals surface area (Å²) in [5, 5.41) is 9.21. The van der Waals surface area contributed by atoms with Crippen LogP contribution in [-0.2, 0) is 0 Å². The molecule has 1 heterocycles. The van der Waals surface area contributed by atoms with Crippen LogP contribution in [0.25, 0.3) is 0 Å². The maximum atomic E-state index is 10.3. The second-order valence-electron chi connectivity index (χ2n) is 1.66. The first kappa shape index (κ1) is 11.4. The first-order chi connectivity index (χ1) is 5.61. The Hall–Kier alpha value is -0.610. The van der Waals surface area contributed by atoms with E-state index in [4.69, 9.17) is 16.7 Å². The molecule has 1 aromatic heterocycles. The van der Waals surface area contributed by atoms with Gasteiger partial charge in [-0.3, -0.25) is 0 Å². The highest BCUT2D eigenvalue weighted by atomic mass is 35.5. The predicted molar refractivity (Wildman–Crippen MR) is 50.2 cm³/mol. The van der Waals surface area contributed by atoms with E-state index in [2.05, 4.69) is 4.98 Å². The van der Waals surface area contributed by atoms with Crippen molar-refractivity contribution in [2.24, 2.45) is 0 Å². The first-order valence-corrected chi connectivity index (χ1v) is 4.67.